The molecule has 1 fully saturated rings. The Morgan fingerprint density at radius 3 is 2.29 bits per heavy atom. The van der Waals surface area contributed by atoms with Gasteiger partial charge in [-0.05, 0) is 19.8 Å². The van der Waals surface area contributed by atoms with Crippen molar-refractivity contribution in [1.29, 1.82) is 0 Å². The van der Waals surface area contributed by atoms with Gasteiger partial charge in [0, 0.05) is 10.7 Å². The van der Waals surface area contributed by atoms with Crippen LogP contribution in [0.15, 0.2) is 0 Å². The van der Waals surface area contributed by atoms with E-state index in [1.165, 1.54) is 0 Å². The van der Waals surface area contributed by atoms with Crippen LogP contribution < -0.4 is 0 Å². The number of ether oxygens (including phenoxy) is 1. The zero-order valence-corrected chi connectivity index (χ0v) is 9.62. The van der Waals surface area contributed by atoms with E-state index in [0.29, 0.717) is 0 Å². The van der Waals surface area contributed by atoms with Crippen LogP contribution in [-0.2, 0) is 4.74 Å². The minimum Gasteiger partial charge on any atom is -0.368 e. The summed E-state index contributed by atoms with van der Waals surface area (Å²) in [5.41, 5.74) is -0.0422. The molecule has 1 saturated carbocycles. The van der Waals surface area contributed by atoms with Crippen LogP contribution in [-0.4, -0.2) is 24.2 Å². The summed E-state index contributed by atoms with van der Waals surface area (Å²) in [6, 6.07) is 0. The van der Waals surface area contributed by atoms with Crippen LogP contribution in [0.1, 0.15) is 26.2 Å². The average molecular weight is 275 g/mol. The van der Waals surface area contributed by atoms with Gasteiger partial charge < -0.3 is 4.74 Å². The second-order valence-electron chi connectivity index (χ2n) is 3.98. The summed E-state index contributed by atoms with van der Waals surface area (Å²) in [6.45, 7) is 1.26. The van der Waals surface area contributed by atoms with Crippen LogP contribution >= 0.6 is 15.9 Å². The molecule has 1 unspecified atom stereocenters. The molecule has 0 aliphatic heterocycles. The van der Waals surface area contributed by atoms with Gasteiger partial charge >= 0.3 is 6.18 Å². The molecule has 0 aromatic rings. The Hall–Kier alpha value is 0.230. The van der Waals surface area contributed by atoms with Gasteiger partial charge in [0.15, 0.2) is 6.10 Å². The van der Waals surface area contributed by atoms with Crippen LogP contribution in [0.3, 0.4) is 0 Å². The third kappa shape index (κ3) is 2.86. The van der Waals surface area contributed by atoms with E-state index in [9.17, 15) is 13.2 Å². The lowest BCUT2D eigenvalue weighted by molar-refractivity contribution is -0.223. The summed E-state index contributed by atoms with van der Waals surface area (Å²) < 4.78 is 41.2. The maximum atomic E-state index is 12.1. The summed E-state index contributed by atoms with van der Waals surface area (Å²) in [4.78, 5) is 0. The van der Waals surface area contributed by atoms with E-state index in [1.54, 1.807) is 0 Å². The molecule has 1 rings (SSSR count). The first-order valence-corrected chi connectivity index (χ1v) is 5.76. The van der Waals surface area contributed by atoms with Crippen molar-refractivity contribution in [2.24, 2.45) is 5.41 Å². The Balaban J connectivity index is 2.32. The van der Waals surface area contributed by atoms with Gasteiger partial charge in [-0.3, -0.25) is 0 Å². The summed E-state index contributed by atoms with van der Waals surface area (Å²) in [7, 11) is 0. The van der Waals surface area contributed by atoms with E-state index in [1.807, 2.05) is 0 Å². The second-order valence-corrected chi connectivity index (χ2v) is 4.54. The highest BCUT2D eigenvalue weighted by atomic mass is 79.9. The van der Waals surface area contributed by atoms with Gasteiger partial charge in [0.2, 0.25) is 0 Å². The van der Waals surface area contributed by atoms with Crippen molar-refractivity contribution in [3.63, 3.8) is 0 Å². The van der Waals surface area contributed by atoms with Crippen molar-refractivity contribution in [3.05, 3.63) is 0 Å². The molecule has 0 radical (unpaired) electrons. The van der Waals surface area contributed by atoms with E-state index in [4.69, 9.17) is 4.74 Å². The van der Waals surface area contributed by atoms with Crippen molar-refractivity contribution in [2.75, 3.05) is 11.9 Å². The topological polar surface area (TPSA) is 9.23 Å². The molecule has 0 heterocycles. The molecule has 0 spiro atoms. The lowest BCUT2D eigenvalue weighted by Gasteiger charge is -2.40. The first kappa shape index (κ1) is 12.3. The molecule has 1 nitrogen and oxygen atoms in total. The van der Waals surface area contributed by atoms with E-state index in [2.05, 4.69) is 15.9 Å². The van der Waals surface area contributed by atoms with Gasteiger partial charge in [-0.25, -0.2) is 0 Å². The Kier molecular flexibility index (Phi) is 3.86. The monoisotopic (exact) mass is 274 g/mol. The van der Waals surface area contributed by atoms with Gasteiger partial charge in [0.1, 0.15) is 0 Å². The van der Waals surface area contributed by atoms with Crippen LogP contribution in [0.25, 0.3) is 0 Å². The zero-order valence-electron chi connectivity index (χ0n) is 8.03. The fourth-order valence-corrected chi connectivity index (χ4v) is 2.11. The molecule has 1 aliphatic rings. The SMILES string of the molecule is CC(OCC1(CBr)CCC1)C(F)(F)F. The number of hydrogen-bond donors (Lipinski definition) is 0. The molecular formula is C9H14BrF3O. The smallest absolute Gasteiger partial charge is 0.368 e. The lowest BCUT2D eigenvalue weighted by Crippen LogP contribution is -2.39. The summed E-state index contributed by atoms with van der Waals surface area (Å²) in [5.74, 6) is 0. The van der Waals surface area contributed by atoms with E-state index < -0.39 is 12.3 Å². The Labute approximate surface area is 90.1 Å². The molecule has 84 valence electrons. The largest absolute Gasteiger partial charge is 0.414 e. The van der Waals surface area contributed by atoms with Crippen LogP contribution in [0, 0.1) is 5.41 Å². The van der Waals surface area contributed by atoms with Gasteiger partial charge in [0.25, 0.3) is 0 Å². The number of halogens is 4. The van der Waals surface area contributed by atoms with Crippen LogP contribution in [0.2, 0.25) is 0 Å². The normalized spacial score (nSPS) is 22.9. The fourth-order valence-electron chi connectivity index (χ4n) is 1.39. The fraction of sp³-hybridized carbons (Fsp3) is 1.00. The minimum atomic E-state index is -4.24. The van der Waals surface area contributed by atoms with Crippen molar-refractivity contribution in [2.45, 2.75) is 38.5 Å². The Bertz CT molecular complexity index is 183. The number of hydrogen-bond acceptors (Lipinski definition) is 1. The average Bonchev–Trinajstić information content (AvgIpc) is 2.01. The first-order chi connectivity index (χ1) is 6.40. The first-order valence-electron chi connectivity index (χ1n) is 4.64. The van der Waals surface area contributed by atoms with Gasteiger partial charge in [0.05, 0.1) is 6.61 Å². The Morgan fingerprint density at radius 2 is 2.00 bits per heavy atom. The highest BCUT2D eigenvalue weighted by Gasteiger charge is 2.41. The highest BCUT2D eigenvalue weighted by Crippen LogP contribution is 2.43. The molecule has 14 heavy (non-hydrogen) atoms. The van der Waals surface area contributed by atoms with Gasteiger partial charge in [-0.1, -0.05) is 22.4 Å². The molecule has 0 N–H and O–H groups in total. The summed E-state index contributed by atoms with van der Waals surface area (Å²) >= 11 is 3.32. The molecule has 0 bridgehead atoms. The second kappa shape index (κ2) is 4.39. The van der Waals surface area contributed by atoms with Gasteiger partial charge in [-0.2, -0.15) is 13.2 Å². The zero-order chi connectivity index (χ0) is 10.8. The quantitative estimate of drug-likeness (QED) is 0.713. The molecule has 0 amide bonds. The van der Waals surface area contributed by atoms with E-state index >= 15 is 0 Å². The van der Waals surface area contributed by atoms with Crippen molar-refractivity contribution in [1.82, 2.24) is 0 Å². The lowest BCUT2D eigenvalue weighted by atomic mass is 9.71. The molecule has 1 aliphatic carbocycles. The third-order valence-corrected chi connectivity index (χ3v) is 3.99. The minimum absolute atomic E-state index is 0.0422. The van der Waals surface area contributed by atoms with Crippen LogP contribution in [0.4, 0.5) is 13.2 Å². The molecule has 5 heteroatoms. The number of rotatable bonds is 4. The van der Waals surface area contributed by atoms with E-state index in [-0.39, 0.29) is 12.0 Å². The van der Waals surface area contributed by atoms with E-state index in [0.717, 1.165) is 31.5 Å². The van der Waals surface area contributed by atoms with Crippen molar-refractivity contribution < 1.29 is 17.9 Å². The number of alkyl halides is 4. The molecule has 1 atom stereocenters. The standard InChI is InChI=1S/C9H14BrF3O/c1-7(9(11,12)13)14-6-8(5-10)3-2-4-8/h7H,2-6H2,1H3. The van der Waals surface area contributed by atoms with Crippen molar-refractivity contribution >= 4 is 15.9 Å². The van der Waals surface area contributed by atoms with Gasteiger partial charge in [-0.15, -0.1) is 0 Å². The summed E-state index contributed by atoms with van der Waals surface area (Å²) in [6.07, 6.45) is -2.88. The Morgan fingerprint density at radius 1 is 1.43 bits per heavy atom. The highest BCUT2D eigenvalue weighted by molar-refractivity contribution is 9.09. The third-order valence-electron chi connectivity index (χ3n) is 2.80. The predicted molar refractivity (Wildman–Crippen MR) is 51.5 cm³/mol. The molecule has 0 aromatic carbocycles. The summed E-state index contributed by atoms with van der Waals surface area (Å²) in [5, 5.41) is 0.727. The van der Waals surface area contributed by atoms with Crippen LogP contribution in [0.5, 0.6) is 0 Å². The maximum absolute atomic E-state index is 12.1. The molecule has 0 saturated heterocycles. The molecular weight excluding hydrogens is 261 g/mol. The predicted octanol–water partition coefficient (Wildman–Crippen LogP) is 3.52. The maximum Gasteiger partial charge on any atom is 0.414 e. The van der Waals surface area contributed by atoms with Crippen molar-refractivity contribution in [3.8, 4) is 0 Å². The molecule has 0 aromatic heterocycles.